The summed E-state index contributed by atoms with van der Waals surface area (Å²) in [6.07, 6.45) is 3.36. The first-order valence-electron chi connectivity index (χ1n) is 12.3. The van der Waals surface area contributed by atoms with Gasteiger partial charge in [-0.2, -0.15) is 0 Å². The summed E-state index contributed by atoms with van der Waals surface area (Å²) >= 11 is 0. The largest absolute Gasteiger partial charge is 0.481 e. The Balaban J connectivity index is 1.49. The minimum atomic E-state index is -1.01. The summed E-state index contributed by atoms with van der Waals surface area (Å²) in [4.78, 5) is 41.2. The van der Waals surface area contributed by atoms with Crippen molar-refractivity contribution in [1.29, 1.82) is 0 Å². The molecule has 3 aliphatic rings. The number of aliphatic carboxylic acids is 1. The molecule has 0 aromatic heterocycles. The van der Waals surface area contributed by atoms with Crippen LogP contribution in [0.2, 0.25) is 0 Å². The Kier molecular flexibility index (Phi) is 6.45. The lowest BCUT2D eigenvalue weighted by Gasteiger charge is -2.47. The van der Waals surface area contributed by atoms with E-state index in [1.807, 2.05) is 35.2 Å². The molecule has 0 saturated heterocycles. The lowest BCUT2D eigenvalue weighted by molar-refractivity contribution is -0.142. The summed E-state index contributed by atoms with van der Waals surface area (Å²) in [5, 5.41) is 9.11. The number of hydrogen-bond donors (Lipinski definition) is 1. The Morgan fingerprint density at radius 3 is 2.51 bits per heavy atom. The average molecular weight is 481 g/mol. The molecule has 1 aliphatic heterocycles. The maximum Gasteiger partial charge on any atom is 0.414 e. The van der Waals surface area contributed by atoms with Crippen LogP contribution in [0.25, 0.3) is 0 Å². The molecule has 5 rings (SSSR count). The fraction of sp³-hybridized carbons (Fsp3) is 0.444. The van der Waals surface area contributed by atoms with Crippen molar-refractivity contribution in [3.8, 4) is 0 Å². The van der Waals surface area contributed by atoms with Crippen LogP contribution in [0, 0.1) is 11.7 Å². The zero-order chi connectivity index (χ0) is 24.5. The molecule has 2 saturated carbocycles. The second kappa shape index (κ2) is 9.68. The Morgan fingerprint density at radius 2 is 1.80 bits per heavy atom. The summed E-state index contributed by atoms with van der Waals surface area (Å²) < 4.78 is 20.1. The predicted octanol–water partition coefficient (Wildman–Crippen LogP) is 5.05. The topological polar surface area (TPSA) is 87.2 Å². The van der Waals surface area contributed by atoms with Crippen LogP contribution in [0.4, 0.5) is 14.9 Å². The van der Waals surface area contributed by atoms with Gasteiger partial charge in [-0.15, -0.1) is 0 Å². The van der Waals surface area contributed by atoms with Crippen molar-refractivity contribution in [2.45, 2.75) is 69.7 Å². The standard InChI is InChI=1S/C27H29FN2O5/c28-18-9-12-21-23(15-18)30(27(34)35-16-17-5-2-1-3-6-17)22-8-4-7-20(22)26(21)29(19-10-11-19)24(31)13-14-25(32)33/h1-3,5-6,9,12,15,19-20,22,26H,4,7-8,10-11,13-14,16H2,(H,32,33). The van der Waals surface area contributed by atoms with E-state index < -0.39 is 17.9 Å². The van der Waals surface area contributed by atoms with Gasteiger partial charge in [0.25, 0.3) is 0 Å². The average Bonchev–Trinajstić information content (AvgIpc) is 3.57. The summed E-state index contributed by atoms with van der Waals surface area (Å²) in [6, 6.07) is 13.3. The lowest BCUT2D eigenvalue weighted by atomic mass is 9.81. The number of halogens is 1. The molecule has 184 valence electrons. The maximum atomic E-state index is 14.5. The van der Waals surface area contributed by atoms with Gasteiger partial charge in [0.2, 0.25) is 5.91 Å². The molecule has 7 nitrogen and oxygen atoms in total. The predicted molar refractivity (Wildman–Crippen MR) is 126 cm³/mol. The van der Waals surface area contributed by atoms with Gasteiger partial charge >= 0.3 is 12.1 Å². The van der Waals surface area contributed by atoms with E-state index in [9.17, 15) is 18.8 Å². The molecule has 2 aromatic carbocycles. The van der Waals surface area contributed by atoms with Gasteiger partial charge in [-0.05, 0) is 48.9 Å². The molecule has 8 heteroatoms. The molecule has 3 unspecified atom stereocenters. The number of amides is 2. The van der Waals surface area contributed by atoms with Crippen molar-refractivity contribution in [2.75, 3.05) is 4.90 Å². The molecule has 35 heavy (non-hydrogen) atoms. The number of hydrogen-bond acceptors (Lipinski definition) is 4. The number of carbonyl (C=O) groups excluding carboxylic acids is 2. The minimum Gasteiger partial charge on any atom is -0.481 e. The number of nitrogens with zero attached hydrogens (tertiary/aromatic N) is 2. The fourth-order valence-electron chi connectivity index (χ4n) is 5.70. The van der Waals surface area contributed by atoms with Gasteiger partial charge in [0.1, 0.15) is 12.4 Å². The molecule has 2 aromatic rings. The molecule has 2 amide bonds. The van der Waals surface area contributed by atoms with Crippen LogP contribution < -0.4 is 4.90 Å². The van der Waals surface area contributed by atoms with E-state index in [2.05, 4.69) is 0 Å². The number of fused-ring (bicyclic) bond motifs is 2. The number of carboxylic acid groups (broad SMARTS) is 1. The normalized spacial score (nSPS) is 22.8. The smallest absolute Gasteiger partial charge is 0.414 e. The summed E-state index contributed by atoms with van der Waals surface area (Å²) in [6.45, 7) is 0.115. The highest BCUT2D eigenvalue weighted by Gasteiger charge is 2.51. The molecular formula is C27H29FN2O5. The zero-order valence-corrected chi connectivity index (χ0v) is 19.4. The second-order valence-corrected chi connectivity index (χ2v) is 9.65. The zero-order valence-electron chi connectivity index (χ0n) is 19.4. The molecule has 1 N–H and O–H groups in total. The van der Waals surface area contributed by atoms with Crippen molar-refractivity contribution >= 4 is 23.7 Å². The minimum absolute atomic E-state index is 0.0217. The van der Waals surface area contributed by atoms with Crippen molar-refractivity contribution in [2.24, 2.45) is 5.92 Å². The van der Waals surface area contributed by atoms with Crippen LogP contribution in [0.3, 0.4) is 0 Å². The van der Waals surface area contributed by atoms with E-state index >= 15 is 0 Å². The monoisotopic (exact) mass is 480 g/mol. The molecular weight excluding hydrogens is 451 g/mol. The Bertz CT molecular complexity index is 1120. The summed E-state index contributed by atoms with van der Waals surface area (Å²) in [7, 11) is 0. The van der Waals surface area contributed by atoms with Gasteiger partial charge in [0, 0.05) is 24.4 Å². The number of ether oxygens (including phenoxy) is 1. The van der Waals surface area contributed by atoms with Gasteiger partial charge < -0.3 is 14.7 Å². The van der Waals surface area contributed by atoms with E-state index in [1.54, 1.807) is 11.0 Å². The number of rotatable bonds is 7. The third-order valence-electron chi connectivity index (χ3n) is 7.32. The Morgan fingerprint density at radius 1 is 1.03 bits per heavy atom. The van der Waals surface area contributed by atoms with Gasteiger partial charge in [-0.25, -0.2) is 9.18 Å². The molecule has 0 radical (unpaired) electrons. The van der Waals surface area contributed by atoms with Crippen LogP contribution in [-0.4, -0.2) is 40.1 Å². The number of carbonyl (C=O) groups is 3. The van der Waals surface area contributed by atoms with Gasteiger partial charge in [0.15, 0.2) is 0 Å². The van der Waals surface area contributed by atoms with E-state index in [4.69, 9.17) is 9.84 Å². The van der Waals surface area contributed by atoms with Gasteiger partial charge in [0.05, 0.1) is 18.2 Å². The van der Waals surface area contributed by atoms with E-state index in [-0.39, 0.29) is 49.4 Å². The van der Waals surface area contributed by atoms with Crippen molar-refractivity contribution in [1.82, 2.24) is 4.90 Å². The fourth-order valence-corrected chi connectivity index (χ4v) is 5.70. The second-order valence-electron chi connectivity index (χ2n) is 9.65. The number of benzene rings is 2. The number of carboxylic acids is 1. The molecule has 3 atom stereocenters. The van der Waals surface area contributed by atoms with Crippen LogP contribution in [0.1, 0.15) is 62.1 Å². The molecule has 0 spiro atoms. The first-order valence-corrected chi connectivity index (χ1v) is 12.3. The Hall–Kier alpha value is -3.42. The lowest BCUT2D eigenvalue weighted by Crippen LogP contribution is -2.53. The highest BCUT2D eigenvalue weighted by molar-refractivity contribution is 5.91. The van der Waals surface area contributed by atoms with E-state index in [0.717, 1.165) is 43.2 Å². The van der Waals surface area contributed by atoms with Crippen molar-refractivity contribution in [3.63, 3.8) is 0 Å². The summed E-state index contributed by atoms with van der Waals surface area (Å²) in [5.74, 6) is -1.69. The first-order chi connectivity index (χ1) is 16.9. The Labute approximate surface area is 203 Å². The van der Waals surface area contributed by atoms with Crippen LogP contribution in [-0.2, 0) is 20.9 Å². The molecule has 0 bridgehead atoms. The van der Waals surface area contributed by atoms with Crippen LogP contribution in [0.5, 0.6) is 0 Å². The quantitative estimate of drug-likeness (QED) is 0.599. The van der Waals surface area contributed by atoms with Crippen molar-refractivity contribution in [3.05, 3.63) is 65.5 Å². The number of anilines is 1. The van der Waals surface area contributed by atoms with E-state index in [0.29, 0.717) is 5.69 Å². The highest BCUT2D eigenvalue weighted by atomic mass is 19.1. The van der Waals surface area contributed by atoms with Gasteiger partial charge in [-0.1, -0.05) is 42.8 Å². The maximum absolute atomic E-state index is 14.5. The third kappa shape index (κ3) is 4.74. The van der Waals surface area contributed by atoms with Crippen LogP contribution in [0.15, 0.2) is 48.5 Å². The highest BCUT2D eigenvalue weighted by Crippen LogP contribution is 2.53. The molecule has 2 fully saturated rings. The molecule has 2 aliphatic carbocycles. The van der Waals surface area contributed by atoms with Gasteiger partial charge in [-0.3, -0.25) is 14.5 Å². The first kappa shape index (κ1) is 23.3. The van der Waals surface area contributed by atoms with E-state index in [1.165, 1.54) is 12.1 Å². The molecule has 1 heterocycles. The third-order valence-corrected chi connectivity index (χ3v) is 7.32. The van der Waals surface area contributed by atoms with Crippen LogP contribution >= 0.6 is 0 Å². The SMILES string of the molecule is O=C(O)CCC(=O)N(C1CC1)C1c2ccc(F)cc2N(C(=O)OCc2ccccc2)C2CCCC21. The van der Waals surface area contributed by atoms with Crippen molar-refractivity contribution < 1.29 is 28.6 Å². The summed E-state index contributed by atoms with van der Waals surface area (Å²) in [5.41, 5.74) is 2.02.